The second-order valence-electron chi connectivity index (χ2n) is 4.26. The summed E-state index contributed by atoms with van der Waals surface area (Å²) >= 11 is 6.10. The van der Waals surface area contributed by atoms with Crippen molar-refractivity contribution in [3.8, 4) is 0 Å². The summed E-state index contributed by atoms with van der Waals surface area (Å²) < 4.78 is 6.93. The summed E-state index contributed by atoms with van der Waals surface area (Å²) in [7, 11) is 1.71. The van der Waals surface area contributed by atoms with Gasteiger partial charge >= 0.3 is 0 Å². The van der Waals surface area contributed by atoms with Crippen LogP contribution in [0.1, 0.15) is 12.0 Å². The first-order valence-electron chi connectivity index (χ1n) is 6.29. The highest BCUT2D eigenvalue weighted by Crippen LogP contribution is 2.16. The van der Waals surface area contributed by atoms with Crippen LogP contribution in [-0.4, -0.2) is 23.5 Å². The molecule has 0 spiro atoms. The van der Waals surface area contributed by atoms with E-state index in [0.717, 1.165) is 36.0 Å². The van der Waals surface area contributed by atoms with Gasteiger partial charge in [-0.2, -0.15) is 5.10 Å². The zero-order valence-corrected chi connectivity index (χ0v) is 11.7. The van der Waals surface area contributed by atoms with Crippen molar-refractivity contribution < 1.29 is 4.74 Å². The minimum Gasteiger partial charge on any atom is -0.385 e. The third-order valence-corrected chi connectivity index (χ3v) is 3.16. The van der Waals surface area contributed by atoms with Crippen molar-refractivity contribution in [1.29, 1.82) is 0 Å². The fraction of sp³-hybridized carbons (Fsp3) is 0.357. The molecule has 0 radical (unpaired) electrons. The van der Waals surface area contributed by atoms with Crippen molar-refractivity contribution in [1.82, 2.24) is 9.78 Å². The number of hydrogen-bond donors (Lipinski definition) is 1. The van der Waals surface area contributed by atoms with Gasteiger partial charge in [0.2, 0.25) is 0 Å². The summed E-state index contributed by atoms with van der Waals surface area (Å²) in [6.45, 7) is 2.29. The van der Waals surface area contributed by atoms with E-state index < -0.39 is 0 Å². The van der Waals surface area contributed by atoms with Crippen LogP contribution in [0, 0.1) is 0 Å². The maximum absolute atomic E-state index is 6.10. The third kappa shape index (κ3) is 4.26. The van der Waals surface area contributed by atoms with Crippen LogP contribution in [0.3, 0.4) is 0 Å². The van der Waals surface area contributed by atoms with Crippen molar-refractivity contribution >= 4 is 17.4 Å². The minimum atomic E-state index is 0.675. The lowest BCUT2D eigenvalue weighted by molar-refractivity contribution is 0.189. The average Bonchev–Trinajstić information content (AvgIpc) is 2.86. The van der Waals surface area contributed by atoms with Crippen LogP contribution in [0.5, 0.6) is 0 Å². The highest BCUT2D eigenvalue weighted by molar-refractivity contribution is 6.31. The zero-order chi connectivity index (χ0) is 13.5. The Balaban J connectivity index is 1.85. The monoisotopic (exact) mass is 279 g/mol. The van der Waals surface area contributed by atoms with Crippen molar-refractivity contribution in [3.63, 3.8) is 0 Å². The summed E-state index contributed by atoms with van der Waals surface area (Å²) in [5.74, 6) is 0.859. The van der Waals surface area contributed by atoms with Crippen LogP contribution in [0.2, 0.25) is 5.02 Å². The minimum absolute atomic E-state index is 0.675. The highest BCUT2D eigenvalue weighted by atomic mass is 35.5. The molecule has 4 nitrogen and oxygen atoms in total. The van der Waals surface area contributed by atoms with Crippen LogP contribution < -0.4 is 5.32 Å². The molecule has 2 aromatic rings. The van der Waals surface area contributed by atoms with Gasteiger partial charge in [-0.15, -0.1) is 0 Å². The van der Waals surface area contributed by atoms with Crippen molar-refractivity contribution in [2.75, 3.05) is 19.0 Å². The summed E-state index contributed by atoms with van der Waals surface area (Å²) in [5.41, 5.74) is 1.07. The number of halogens is 1. The molecular weight excluding hydrogens is 262 g/mol. The Morgan fingerprint density at radius 2 is 2.16 bits per heavy atom. The van der Waals surface area contributed by atoms with E-state index in [-0.39, 0.29) is 0 Å². The van der Waals surface area contributed by atoms with E-state index in [4.69, 9.17) is 16.3 Å². The standard InChI is InChI=1S/C14H18ClN3O/c1-19-10-4-8-18-9-7-14(17-18)16-11-12-5-2-3-6-13(12)15/h2-3,5-7,9H,4,8,10-11H2,1H3,(H,16,17). The second kappa shape index (κ2) is 7.16. The summed E-state index contributed by atoms with van der Waals surface area (Å²) in [5, 5.41) is 8.47. The molecule has 102 valence electrons. The van der Waals surface area contributed by atoms with Gasteiger partial charge in [-0.1, -0.05) is 29.8 Å². The maximum Gasteiger partial charge on any atom is 0.148 e. The Bertz CT molecular complexity index is 513. The molecule has 0 aliphatic rings. The van der Waals surface area contributed by atoms with Gasteiger partial charge in [0.05, 0.1) is 0 Å². The Morgan fingerprint density at radius 3 is 2.95 bits per heavy atom. The van der Waals surface area contributed by atoms with Gasteiger partial charge in [0.25, 0.3) is 0 Å². The summed E-state index contributed by atoms with van der Waals surface area (Å²) in [6, 6.07) is 9.76. The molecule has 0 amide bonds. The van der Waals surface area contributed by atoms with Crippen LogP contribution in [0.4, 0.5) is 5.82 Å². The van der Waals surface area contributed by atoms with Crippen molar-refractivity contribution in [3.05, 3.63) is 47.1 Å². The van der Waals surface area contributed by atoms with E-state index in [1.54, 1.807) is 7.11 Å². The number of aromatic nitrogens is 2. The maximum atomic E-state index is 6.10. The van der Waals surface area contributed by atoms with E-state index >= 15 is 0 Å². The van der Waals surface area contributed by atoms with Crippen LogP contribution >= 0.6 is 11.6 Å². The molecule has 5 heteroatoms. The molecule has 2 rings (SSSR count). The first-order valence-corrected chi connectivity index (χ1v) is 6.67. The lowest BCUT2D eigenvalue weighted by atomic mass is 10.2. The molecule has 0 saturated carbocycles. The number of methoxy groups -OCH3 is 1. The quantitative estimate of drug-likeness (QED) is 0.791. The zero-order valence-electron chi connectivity index (χ0n) is 11.0. The van der Waals surface area contributed by atoms with Crippen molar-refractivity contribution in [2.45, 2.75) is 19.5 Å². The number of hydrogen-bond acceptors (Lipinski definition) is 3. The predicted molar refractivity (Wildman–Crippen MR) is 77.5 cm³/mol. The van der Waals surface area contributed by atoms with Crippen LogP contribution in [0.15, 0.2) is 36.5 Å². The third-order valence-electron chi connectivity index (χ3n) is 2.79. The summed E-state index contributed by atoms with van der Waals surface area (Å²) in [6.07, 6.45) is 2.92. The van der Waals surface area contributed by atoms with E-state index in [0.29, 0.717) is 6.54 Å². The molecule has 1 aromatic heterocycles. The molecule has 0 saturated heterocycles. The van der Waals surface area contributed by atoms with Gasteiger partial charge in [0.1, 0.15) is 5.82 Å². The first kappa shape index (κ1) is 13.9. The van der Waals surface area contributed by atoms with E-state index in [1.165, 1.54) is 0 Å². The molecular formula is C14H18ClN3O. The van der Waals surface area contributed by atoms with Gasteiger partial charge in [0.15, 0.2) is 0 Å². The van der Waals surface area contributed by atoms with Gasteiger partial charge < -0.3 is 10.1 Å². The highest BCUT2D eigenvalue weighted by Gasteiger charge is 2.01. The predicted octanol–water partition coefficient (Wildman–Crippen LogP) is 3.19. The van der Waals surface area contributed by atoms with Gasteiger partial charge in [-0.25, -0.2) is 0 Å². The largest absolute Gasteiger partial charge is 0.385 e. The van der Waals surface area contributed by atoms with E-state index in [1.807, 2.05) is 41.2 Å². The first-order chi connectivity index (χ1) is 9.29. The number of nitrogens with one attached hydrogen (secondary N) is 1. The van der Waals surface area contributed by atoms with Crippen LogP contribution in [0.25, 0.3) is 0 Å². The fourth-order valence-electron chi connectivity index (χ4n) is 1.78. The fourth-order valence-corrected chi connectivity index (χ4v) is 1.98. The van der Waals surface area contributed by atoms with Gasteiger partial charge in [0, 0.05) is 44.1 Å². The van der Waals surface area contributed by atoms with Crippen LogP contribution in [-0.2, 0) is 17.8 Å². The number of nitrogens with zero attached hydrogens (tertiary/aromatic N) is 2. The lowest BCUT2D eigenvalue weighted by Crippen LogP contribution is -2.04. The molecule has 1 heterocycles. The number of ether oxygens (including phenoxy) is 1. The normalized spacial score (nSPS) is 10.6. The average molecular weight is 280 g/mol. The Hall–Kier alpha value is -1.52. The topological polar surface area (TPSA) is 39.1 Å². The number of aryl methyl sites for hydroxylation is 1. The van der Waals surface area contributed by atoms with Gasteiger partial charge in [-0.05, 0) is 18.1 Å². The Kier molecular flexibility index (Phi) is 5.24. The van der Waals surface area contributed by atoms with Gasteiger partial charge in [-0.3, -0.25) is 4.68 Å². The number of rotatable bonds is 7. The molecule has 0 fully saturated rings. The molecule has 0 bridgehead atoms. The SMILES string of the molecule is COCCCn1ccc(NCc2ccccc2Cl)n1. The number of anilines is 1. The molecule has 1 N–H and O–H groups in total. The number of benzene rings is 1. The lowest BCUT2D eigenvalue weighted by Gasteiger charge is -2.05. The molecule has 0 unspecified atom stereocenters. The molecule has 0 atom stereocenters. The smallest absolute Gasteiger partial charge is 0.148 e. The molecule has 0 aliphatic carbocycles. The molecule has 19 heavy (non-hydrogen) atoms. The molecule has 1 aromatic carbocycles. The summed E-state index contributed by atoms with van der Waals surface area (Å²) in [4.78, 5) is 0. The Labute approximate surface area is 118 Å². The molecule has 0 aliphatic heterocycles. The second-order valence-corrected chi connectivity index (χ2v) is 4.66. The van der Waals surface area contributed by atoms with E-state index in [9.17, 15) is 0 Å². The Morgan fingerprint density at radius 1 is 1.32 bits per heavy atom. The van der Waals surface area contributed by atoms with E-state index in [2.05, 4.69) is 10.4 Å². The van der Waals surface area contributed by atoms with Crippen molar-refractivity contribution in [2.24, 2.45) is 0 Å².